The number of unbranched alkanes of at least 4 members (excludes halogenated alkanes) is 1. The van der Waals surface area contributed by atoms with E-state index in [-0.39, 0.29) is 23.7 Å². The molecule has 0 unspecified atom stereocenters. The predicted molar refractivity (Wildman–Crippen MR) is 111 cm³/mol. The first-order valence-corrected chi connectivity index (χ1v) is 10.1. The van der Waals surface area contributed by atoms with Gasteiger partial charge in [0.05, 0.1) is 11.1 Å². The Morgan fingerprint density at radius 3 is 2.16 bits per heavy atom. The number of halogens is 4. The quantitative estimate of drug-likeness (QED) is 0.338. The third-order valence-corrected chi connectivity index (χ3v) is 4.84. The second-order valence-electron chi connectivity index (χ2n) is 7.20. The van der Waals surface area contributed by atoms with Crippen LogP contribution in [0.2, 0.25) is 0 Å². The summed E-state index contributed by atoms with van der Waals surface area (Å²) in [6.07, 6.45) is -0.646. The number of nitrogens with zero attached hydrogens (tertiary/aromatic N) is 1. The SMILES string of the molecule is CCCCc1ccc(C(F)(F)Oc2ccc(COc3ccc(C#N)c(F)c3F)cc2)cc1. The van der Waals surface area contributed by atoms with E-state index in [4.69, 9.17) is 14.7 Å². The molecule has 0 saturated heterocycles. The molecule has 0 radical (unpaired) electrons. The molecule has 0 amide bonds. The maximum Gasteiger partial charge on any atom is 0.426 e. The molecule has 0 spiro atoms. The number of benzene rings is 3. The minimum Gasteiger partial charge on any atom is -0.486 e. The van der Waals surface area contributed by atoms with Crippen molar-refractivity contribution in [1.82, 2.24) is 0 Å². The van der Waals surface area contributed by atoms with Gasteiger partial charge in [-0.25, -0.2) is 4.39 Å². The van der Waals surface area contributed by atoms with Crippen LogP contribution in [0, 0.1) is 23.0 Å². The molecule has 0 bridgehead atoms. The normalized spacial score (nSPS) is 11.1. The van der Waals surface area contributed by atoms with Crippen LogP contribution in [0.1, 0.15) is 42.0 Å². The number of hydrogen-bond donors (Lipinski definition) is 0. The lowest BCUT2D eigenvalue weighted by Crippen LogP contribution is -2.21. The molecule has 32 heavy (non-hydrogen) atoms. The molecule has 0 atom stereocenters. The van der Waals surface area contributed by atoms with E-state index in [1.165, 1.54) is 42.5 Å². The molecular weight excluding hydrogens is 422 g/mol. The van der Waals surface area contributed by atoms with E-state index in [1.807, 2.05) is 0 Å². The standard InChI is InChI=1S/C25H21F4NO2/c1-2-3-4-17-5-10-20(11-6-17)25(28,29)32-21-12-7-18(8-13-21)16-31-22-14-9-19(15-30)23(26)24(22)27/h5-14H,2-4,16H2,1H3. The Labute approximate surface area is 183 Å². The van der Waals surface area contributed by atoms with Crippen molar-refractivity contribution in [3.05, 3.63) is 94.6 Å². The number of nitriles is 1. The number of rotatable bonds is 9. The fourth-order valence-corrected chi connectivity index (χ4v) is 3.00. The van der Waals surface area contributed by atoms with Crippen molar-refractivity contribution in [2.24, 2.45) is 0 Å². The molecule has 0 fully saturated rings. The van der Waals surface area contributed by atoms with Crippen LogP contribution in [0.3, 0.4) is 0 Å². The molecule has 0 aliphatic rings. The van der Waals surface area contributed by atoms with Crippen molar-refractivity contribution < 1.29 is 27.0 Å². The molecule has 0 aliphatic carbocycles. The monoisotopic (exact) mass is 443 g/mol. The van der Waals surface area contributed by atoms with Gasteiger partial charge in [0.15, 0.2) is 11.6 Å². The van der Waals surface area contributed by atoms with E-state index < -0.39 is 23.3 Å². The van der Waals surface area contributed by atoms with Crippen LogP contribution in [-0.2, 0) is 19.1 Å². The van der Waals surface area contributed by atoms with E-state index in [2.05, 4.69) is 6.92 Å². The zero-order valence-electron chi connectivity index (χ0n) is 17.4. The topological polar surface area (TPSA) is 42.2 Å². The van der Waals surface area contributed by atoms with Gasteiger partial charge in [-0.15, -0.1) is 0 Å². The molecule has 0 aliphatic heterocycles. The van der Waals surface area contributed by atoms with E-state index in [0.717, 1.165) is 37.0 Å². The van der Waals surface area contributed by atoms with E-state index >= 15 is 0 Å². The third kappa shape index (κ3) is 5.58. The molecular formula is C25H21F4NO2. The van der Waals surface area contributed by atoms with Gasteiger partial charge in [0.1, 0.15) is 18.4 Å². The van der Waals surface area contributed by atoms with Crippen LogP contribution < -0.4 is 9.47 Å². The first-order chi connectivity index (χ1) is 15.3. The summed E-state index contributed by atoms with van der Waals surface area (Å²) in [5, 5.41) is 8.70. The molecule has 0 aromatic heterocycles. The second kappa shape index (κ2) is 10.2. The Morgan fingerprint density at radius 2 is 1.53 bits per heavy atom. The Bertz CT molecular complexity index is 1090. The summed E-state index contributed by atoms with van der Waals surface area (Å²) in [5.41, 5.74) is 0.857. The first-order valence-electron chi connectivity index (χ1n) is 10.1. The molecule has 0 heterocycles. The van der Waals surface area contributed by atoms with E-state index in [1.54, 1.807) is 12.1 Å². The van der Waals surface area contributed by atoms with Crippen LogP contribution in [0.4, 0.5) is 17.6 Å². The lowest BCUT2D eigenvalue weighted by Gasteiger charge is -2.19. The van der Waals surface area contributed by atoms with E-state index in [9.17, 15) is 17.6 Å². The van der Waals surface area contributed by atoms with Crippen LogP contribution in [0.25, 0.3) is 0 Å². The largest absolute Gasteiger partial charge is 0.486 e. The highest BCUT2D eigenvalue weighted by atomic mass is 19.3. The van der Waals surface area contributed by atoms with Crippen LogP contribution >= 0.6 is 0 Å². The van der Waals surface area contributed by atoms with Gasteiger partial charge in [-0.3, -0.25) is 0 Å². The summed E-state index contributed by atoms with van der Waals surface area (Å²) < 4.78 is 66.6. The molecule has 0 saturated carbocycles. The van der Waals surface area contributed by atoms with Gasteiger partial charge in [-0.2, -0.15) is 18.4 Å². The molecule has 3 nitrogen and oxygen atoms in total. The highest BCUT2D eigenvalue weighted by Gasteiger charge is 2.34. The fourth-order valence-electron chi connectivity index (χ4n) is 3.00. The van der Waals surface area contributed by atoms with Crippen molar-refractivity contribution in [3.63, 3.8) is 0 Å². The molecule has 0 N–H and O–H groups in total. The maximum absolute atomic E-state index is 14.5. The molecule has 166 valence electrons. The average molecular weight is 443 g/mol. The number of hydrogen-bond acceptors (Lipinski definition) is 3. The zero-order valence-corrected chi connectivity index (χ0v) is 17.4. The third-order valence-electron chi connectivity index (χ3n) is 4.84. The van der Waals surface area contributed by atoms with Crippen LogP contribution in [0.15, 0.2) is 60.7 Å². The highest BCUT2D eigenvalue weighted by Crippen LogP contribution is 2.32. The van der Waals surface area contributed by atoms with Gasteiger partial charge in [-0.05, 0) is 60.4 Å². The summed E-state index contributed by atoms with van der Waals surface area (Å²) in [4.78, 5) is 0. The van der Waals surface area contributed by atoms with Crippen LogP contribution in [-0.4, -0.2) is 0 Å². The van der Waals surface area contributed by atoms with Crippen molar-refractivity contribution >= 4 is 0 Å². The smallest absolute Gasteiger partial charge is 0.426 e. The van der Waals surface area contributed by atoms with Crippen molar-refractivity contribution in [1.29, 1.82) is 5.26 Å². The number of alkyl halides is 2. The fraction of sp³-hybridized carbons (Fsp3) is 0.240. The van der Waals surface area contributed by atoms with E-state index in [0.29, 0.717) is 5.56 Å². The maximum atomic E-state index is 14.5. The van der Waals surface area contributed by atoms with Gasteiger partial charge < -0.3 is 9.47 Å². The Hall–Kier alpha value is -3.53. The summed E-state index contributed by atoms with van der Waals surface area (Å²) in [5.74, 6) is -2.95. The van der Waals surface area contributed by atoms with Crippen LogP contribution in [0.5, 0.6) is 11.5 Å². The number of aryl methyl sites for hydroxylation is 1. The lowest BCUT2D eigenvalue weighted by molar-refractivity contribution is -0.185. The lowest BCUT2D eigenvalue weighted by atomic mass is 10.1. The summed E-state index contributed by atoms with van der Waals surface area (Å²) >= 11 is 0. The predicted octanol–water partition coefficient (Wildman–Crippen LogP) is 6.89. The van der Waals surface area contributed by atoms with Gasteiger partial charge >= 0.3 is 6.11 Å². The molecule has 3 rings (SSSR count). The van der Waals surface area contributed by atoms with Crippen molar-refractivity contribution in [2.45, 2.75) is 38.9 Å². The zero-order chi connectivity index (χ0) is 23.1. The Kier molecular flexibility index (Phi) is 7.37. The van der Waals surface area contributed by atoms with Gasteiger partial charge in [0.2, 0.25) is 5.82 Å². The number of ether oxygens (including phenoxy) is 2. The molecule has 7 heteroatoms. The Morgan fingerprint density at radius 1 is 0.875 bits per heavy atom. The average Bonchev–Trinajstić information content (AvgIpc) is 2.80. The minimum absolute atomic E-state index is 0.0515. The summed E-state index contributed by atoms with van der Waals surface area (Å²) in [6, 6.07) is 15.5. The second-order valence-corrected chi connectivity index (χ2v) is 7.20. The first kappa shape index (κ1) is 23.1. The van der Waals surface area contributed by atoms with Gasteiger partial charge in [-0.1, -0.05) is 37.6 Å². The Balaban J connectivity index is 1.62. The van der Waals surface area contributed by atoms with Crippen molar-refractivity contribution in [2.75, 3.05) is 0 Å². The molecule has 3 aromatic rings. The van der Waals surface area contributed by atoms with Gasteiger partial charge in [0, 0.05) is 0 Å². The van der Waals surface area contributed by atoms with Crippen molar-refractivity contribution in [3.8, 4) is 17.6 Å². The highest BCUT2D eigenvalue weighted by molar-refractivity contribution is 5.38. The summed E-state index contributed by atoms with van der Waals surface area (Å²) in [6.45, 7) is 1.94. The minimum atomic E-state index is -3.51. The molecule has 3 aromatic carbocycles. The summed E-state index contributed by atoms with van der Waals surface area (Å²) in [7, 11) is 0. The van der Waals surface area contributed by atoms with Gasteiger partial charge in [0.25, 0.3) is 0 Å².